The van der Waals surface area contributed by atoms with E-state index in [4.69, 9.17) is 16.0 Å². The first-order valence-electron chi connectivity index (χ1n) is 11.3. The molecule has 0 saturated carbocycles. The van der Waals surface area contributed by atoms with E-state index in [1.54, 1.807) is 29.2 Å². The molecule has 3 aromatic carbocycles. The number of nitrogens with zero attached hydrogens (tertiary/aromatic N) is 1. The second-order valence-corrected chi connectivity index (χ2v) is 15.3. The molecule has 1 heterocycles. The molecule has 176 valence electrons. The lowest BCUT2D eigenvalue weighted by atomic mass is 9.86. The van der Waals surface area contributed by atoms with Gasteiger partial charge in [0, 0.05) is 16.3 Å². The SMILES string of the molecule is CC(C)(C)[Si](C)(C)Oc1ccc(C2/C(=C\c3ccc(Cl)cc3)C(=O)N2c2ccc(F)cc2)cc1. The molecule has 0 aromatic heterocycles. The third kappa shape index (κ3) is 4.81. The second-order valence-electron chi connectivity index (χ2n) is 10.1. The van der Waals surface area contributed by atoms with Gasteiger partial charge >= 0.3 is 0 Å². The van der Waals surface area contributed by atoms with Gasteiger partial charge in [0.2, 0.25) is 8.32 Å². The Bertz CT molecular complexity index is 1210. The topological polar surface area (TPSA) is 29.5 Å². The quantitative estimate of drug-likeness (QED) is 0.204. The summed E-state index contributed by atoms with van der Waals surface area (Å²) in [6.45, 7) is 11.1. The summed E-state index contributed by atoms with van der Waals surface area (Å²) < 4.78 is 19.9. The maximum Gasteiger partial charge on any atom is 0.257 e. The monoisotopic (exact) mass is 493 g/mol. The summed E-state index contributed by atoms with van der Waals surface area (Å²) in [5, 5.41) is 0.740. The summed E-state index contributed by atoms with van der Waals surface area (Å²) in [5.41, 5.74) is 3.19. The number of halogens is 2. The minimum absolute atomic E-state index is 0.0972. The lowest BCUT2D eigenvalue weighted by Crippen LogP contribution is -2.49. The maximum atomic E-state index is 13.5. The number of rotatable bonds is 5. The first kappa shape index (κ1) is 24.2. The van der Waals surface area contributed by atoms with Crippen LogP contribution in [0.4, 0.5) is 10.1 Å². The number of hydrogen-bond acceptors (Lipinski definition) is 2. The number of carbonyl (C=O) groups is 1. The van der Waals surface area contributed by atoms with Crippen LogP contribution in [-0.4, -0.2) is 14.2 Å². The molecule has 0 spiro atoms. The van der Waals surface area contributed by atoms with Gasteiger partial charge < -0.3 is 4.43 Å². The molecule has 1 fully saturated rings. The van der Waals surface area contributed by atoms with Gasteiger partial charge in [-0.3, -0.25) is 9.69 Å². The molecule has 1 amide bonds. The summed E-state index contributed by atoms with van der Waals surface area (Å²) in [5.74, 6) is 0.392. The van der Waals surface area contributed by atoms with Crippen molar-refractivity contribution in [2.45, 2.75) is 44.9 Å². The fourth-order valence-corrected chi connectivity index (χ4v) is 4.85. The van der Waals surface area contributed by atoms with E-state index in [1.807, 2.05) is 42.5 Å². The minimum atomic E-state index is -1.96. The molecule has 0 bridgehead atoms. The Balaban J connectivity index is 1.68. The van der Waals surface area contributed by atoms with E-state index < -0.39 is 8.32 Å². The molecule has 3 aromatic rings. The number of hydrogen-bond donors (Lipinski definition) is 0. The zero-order valence-electron chi connectivity index (χ0n) is 20.1. The van der Waals surface area contributed by atoms with Crippen molar-refractivity contribution in [1.29, 1.82) is 0 Å². The van der Waals surface area contributed by atoms with Crippen LogP contribution in [-0.2, 0) is 4.79 Å². The van der Waals surface area contributed by atoms with Gasteiger partial charge in [-0.15, -0.1) is 0 Å². The molecule has 1 aliphatic rings. The smallest absolute Gasteiger partial charge is 0.257 e. The van der Waals surface area contributed by atoms with E-state index in [1.165, 1.54) is 12.1 Å². The molecule has 3 nitrogen and oxygen atoms in total. The third-order valence-corrected chi connectivity index (χ3v) is 11.3. The Hall–Kier alpha value is -2.89. The van der Waals surface area contributed by atoms with Crippen molar-refractivity contribution in [3.63, 3.8) is 0 Å². The van der Waals surface area contributed by atoms with Crippen molar-refractivity contribution >= 4 is 37.6 Å². The van der Waals surface area contributed by atoms with Crippen LogP contribution in [0.25, 0.3) is 6.08 Å². The van der Waals surface area contributed by atoms with Crippen LogP contribution in [0.3, 0.4) is 0 Å². The largest absolute Gasteiger partial charge is 0.544 e. The number of anilines is 1. The average Bonchev–Trinajstić information content (AvgIpc) is 2.77. The second kappa shape index (κ2) is 9.04. The van der Waals surface area contributed by atoms with Gasteiger partial charge in [0.25, 0.3) is 5.91 Å². The third-order valence-electron chi connectivity index (χ3n) is 6.69. The molecule has 0 N–H and O–H groups in total. The van der Waals surface area contributed by atoms with E-state index in [2.05, 4.69) is 33.9 Å². The molecule has 34 heavy (non-hydrogen) atoms. The Morgan fingerprint density at radius 2 is 1.53 bits per heavy atom. The molecule has 0 radical (unpaired) electrons. The molecule has 4 rings (SSSR count). The van der Waals surface area contributed by atoms with Crippen molar-refractivity contribution in [2.75, 3.05) is 4.90 Å². The van der Waals surface area contributed by atoms with Gasteiger partial charge in [0.15, 0.2) is 0 Å². The first-order valence-corrected chi connectivity index (χ1v) is 14.6. The average molecular weight is 494 g/mol. The van der Waals surface area contributed by atoms with Gasteiger partial charge in [-0.25, -0.2) is 4.39 Å². The van der Waals surface area contributed by atoms with Crippen LogP contribution in [0.1, 0.15) is 37.9 Å². The van der Waals surface area contributed by atoms with E-state index in [-0.39, 0.29) is 22.8 Å². The van der Waals surface area contributed by atoms with Gasteiger partial charge in [-0.1, -0.05) is 56.6 Å². The van der Waals surface area contributed by atoms with Crippen LogP contribution >= 0.6 is 11.6 Å². The Kier molecular flexibility index (Phi) is 6.45. The highest BCUT2D eigenvalue weighted by Gasteiger charge is 2.44. The van der Waals surface area contributed by atoms with Crippen LogP contribution in [0.15, 0.2) is 78.4 Å². The summed E-state index contributed by atoms with van der Waals surface area (Å²) in [6, 6.07) is 21.1. The fourth-order valence-electron chi connectivity index (χ4n) is 3.69. The molecule has 6 heteroatoms. The van der Waals surface area contributed by atoms with Gasteiger partial charge in [0.05, 0.1) is 6.04 Å². The van der Waals surface area contributed by atoms with E-state index >= 15 is 0 Å². The molecular weight excluding hydrogens is 465 g/mol. The van der Waals surface area contributed by atoms with Crippen LogP contribution < -0.4 is 9.33 Å². The summed E-state index contributed by atoms with van der Waals surface area (Å²) in [7, 11) is -1.96. The molecule has 1 saturated heterocycles. The maximum absolute atomic E-state index is 13.5. The number of β-lactam (4-membered cyclic amide) rings is 1. The standard InChI is InChI=1S/C28H29ClFNO2Si/c1-28(2,3)34(4,5)33-24-16-8-20(9-17-24)26-25(18-19-6-10-21(29)11-7-19)27(32)31(26)23-14-12-22(30)13-15-23/h6-18,26H,1-5H3/b25-18+. The zero-order chi connectivity index (χ0) is 24.7. The van der Waals surface area contributed by atoms with Crippen molar-refractivity contribution < 1.29 is 13.6 Å². The molecule has 0 aliphatic carbocycles. The van der Waals surface area contributed by atoms with Crippen LogP contribution in [0.5, 0.6) is 5.75 Å². The molecule has 1 atom stereocenters. The first-order chi connectivity index (χ1) is 16.0. The van der Waals surface area contributed by atoms with Gasteiger partial charge in [0.1, 0.15) is 11.6 Å². The van der Waals surface area contributed by atoms with Crippen molar-refractivity contribution in [3.05, 3.63) is 100 Å². The number of amides is 1. The highest BCUT2D eigenvalue weighted by atomic mass is 35.5. The van der Waals surface area contributed by atoms with Crippen molar-refractivity contribution in [3.8, 4) is 5.75 Å². The number of carbonyl (C=O) groups excluding carboxylic acids is 1. The zero-order valence-corrected chi connectivity index (χ0v) is 21.9. The Morgan fingerprint density at radius 3 is 2.09 bits per heavy atom. The lowest BCUT2D eigenvalue weighted by Gasteiger charge is -2.43. The fraction of sp³-hybridized carbons (Fsp3) is 0.250. The predicted molar refractivity (Wildman–Crippen MR) is 140 cm³/mol. The van der Waals surface area contributed by atoms with Crippen molar-refractivity contribution in [2.24, 2.45) is 0 Å². The predicted octanol–water partition coefficient (Wildman–Crippen LogP) is 8.03. The highest BCUT2D eigenvalue weighted by molar-refractivity contribution is 6.74. The van der Waals surface area contributed by atoms with Crippen molar-refractivity contribution in [1.82, 2.24) is 0 Å². The highest BCUT2D eigenvalue weighted by Crippen LogP contribution is 2.45. The normalized spacial score (nSPS) is 17.6. The van der Waals surface area contributed by atoms with Gasteiger partial charge in [-0.05, 0) is 83.9 Å². The van der Waals surface area contributed by atoms with E-state index in [0.29, 0.717) is 16.3 Å². The molecular formula is C28H29ClFNO2Si. The molecule has 1 unspecified atom stereocenters. The van der Waals surface area contributed by atoms with E-state index in [9.17, 15) is 9.18 Å². The summed E-state index contributed by atoms with van der Waals surface area (Å²) in [4.78, 5) is 14.9. The summed E-state index contributed by atoms with van der Waals surface area (Å²) in [6.07, 6.45) is 1.89. The van der Waals surface area contributed by atoms with Gasteiger partial charge in [-0.2, -0.15) is 0 Å². The lowest BCUT2D eigenvalue weighted by molar-refractivity contribution is -0.118. The van der Waals surface area contributed by atoms with Crippen LogP contribution in [0.2, 0.25) is 23.2 Å². The van der Waals surface area contributed by atoms with E-state index in [0.717, 1.165) is 16.9 Å². The molecule has 1 aliphatic heterocycles. The minimum Gasteiger partial charge on any atom is -0.544 e. The Morgan fingerprint density at radius 1 is 0.941 bits per heavy atom. The summed E-state index contributed by atoms with van der Waals surface area (Å²) >= 11 is 6.02. The van der Waals surface area contributed by atoms with Crippen LogP contribution in [0, 0.1) is 5.82 Å². The number of benzene rings is 3. The Labute approximate surface area is 207 Å².